The van der Waals surface area contributed by atoms with Crippen molar-refractivity contribution in [2.75, 3.05) is 6.54 Å². The molecular weight excluding hydrogens is 573 g/mol. The largest absolute Gasteiger partial charge is 0.445 e. The molecule has 0 unspecified atom stereocenters. The summed E-state index contributed by atoms with van der Waals surface area (Å²) in [5.41, 5.74) is 2.78. The summed E-state index contributed by atoms with van der Waals surface area (Å²) in [7, 11) is 0. The van der Waals surface area contributed by atoms with Gasteiger partial charge in [-0.15, -0.1) is 0 Å². The average molecular weight is 609 g/mol. The molecule has 4 aromatic rings. The van der Waals surface area contributed by atoms with Crippen LogP contribution >= 0.6 is 15.9 Å². The van der Waals surface area contributed by atoms with E-state index in [1.54, 1.807) is 23.2 Å². The lowest BCUT2D eigenvalue weighted by molar-refractivity contribution is 0.0909. The Morgan fingerprint density at radius 1 is 1.05 bits per heavy atom. The number of carbonyl (C=O) groups excluding carboxylic acids is 2. The summed E-state index contributed by atoms with van der Waals surface area (Å²) in [5.74, 6) is 0.516. The third-order valence-corrected chi connectivity index (χ3v) is 6.73. The van der Waals surface area contributed by atoms with E-state index in [9.17, 15) is 14.0 Å². The number of imidazole rings is 1. The number of aromatic amines is 1. The van der Waals surface area contributed by atoms with Gasteiger partial charge in [-0.3, -0.25) is 9.69 Å². The zero-order chi connectivity index (χ0) is 28.9. The molecule has 1 saturated heterocycles. The van der Waals surface area contributed by atoms with Crippen LogP contribution in [0.4, 0.5) is 9.18 Å². The van der Waals surface area contributed by atoms with Crippen LogP contribution in [0.25, 0.3) is 11.3 Å². The van der Waals surface area contributed by atoms with Crippen molar-refractivity contribution in [1.29, 1.82) is 0 Å². The van der Waals surface area contributed by atoms with Crippen LogP contribution in [0.1, 0.15) is 67.8 Å². The summed E-state index contributed by atoms with van der Waals surface area (Å²) in [5, 5.41) is 0. The van der Waals surface area contributed by atoms with Crippen molar-refractivity contribution in [2.24, 2.45) is 0 Å². The van der Waals surface area contributed by atoms with Crippen molar-refractivity contribution in [3.05, 3.63) is 112 Å². The van der Waals surface area contributed by atoms with Crippen molar-refractivity contribution in [3.63, 3.8) is 0 Å². The van der Waals surface area contributed by atoms with Gasteiger partial charge in [0.2, 0.25) is 0 Å². The molecule has 2 heterocycles. The molecule has 0 aliphatic carbocycles. The fraction of sp³-hybridized carbons (Fsp3) is 0.281. The summed E-state index contributed by atoms with van der Waals surface area (Å²) in [6.07, 6.45) is 3.49. The number of nitrogens with one attached hydrogen (secondary N) is 1. The molecule has 8 heteroatoms. The SMILES string of the molecule is CC.CCC(=O)c1ccccc1.O=C(OCc1ccccc1)N1CCC[C@H]1c1ncc(-c2ccc(Br)cc2F)[nH]1. The third-order valence-electron chi connectivity index (χ3n) is 6.24. The van der Waals surface area contributed by atoms with E-state index in [4.69, 9.17) is 4.74 Å². The number of hydrogen-bond donors (Lipinski definition) is 1. The molecule has 1 amide bonds. The van der Waals surface area contributed by atoms with E-state index in [0.717, 1.165) is 24.0 Å². The van der Waals surface area contributed by atoms with Gasteiger partial charge in [-0.05, 0) is 36.6 Å². The van der Waals surface area contributed by atoms with E-state index in [1.165, 1.54) is 6.07 Å². The van der Waals surface area contributed by atoms with E-state index in [-0.39, 0.29) is 30.3 Å². The molecule has 6 nitrogen and oxygen atoms in total. The third kappa shape index (κ3) is 8.36. The number of rotatable bonds is 6. The van der Waals surface area contributed by atoms with E-state index < -0.39 is 0 Å². The Bertz CT molecular complexity index is 1360. The van der Waals surface area contributed by atoms with E-state index >= 15 is 0 Å². The summed E-state index contributed by atoms with van der Waals surface area (Å²) in [6, 6.07) is 23.6. The standard InChI is InChI=1S/C21H19BrFN3O2.C9H10O.C2H6/c22-15-8-9-16(17(23)11-15)18-12-24-20(25-18)19-7-4-10-26(19)21(27)28-13-14-5-2-1-3-6-14;1-2-9(10)8-6-4-3-5-7-8;1-2/h1-3,5-6,8-9,11-12,19H,4,7,10,13H2,(H,24,25);3-7H,2H2,1H3;1-2H3/t19-;;/m0../s1. The summed E-state index contributed by atoms with van der Waals surface area (Å²) < 4.78 is 20.4. The molecule has 1 N–H and O–H groups in total. The highest BCUT2D eigenvalue weighted by Crippen LogP contribution is 2.33. The number of Topliss-reactive ketones (excluding diaryl/α,β-unsaturated/α-hetero) is 1. The van der Waals surface area contributed by atoms with Gasteiger partial charge in [0.05, 0.1) is 17.9 Å². The fourth-order valence-corrected chi connectivity index (χ4v) is 4.58. The maximum Gasteiger partial charge on any atom is 0.410 e. The minimum Gasteiger partial charge on any atom is -0.445 e. The number of ether oxygens (including phenoxy) is 1. The van der Waals surface area contributed by atoms with Crippen LogP contribution in [0.15, 0.2) is 89.5 Å². The number of carbonyl (C=O) groups is 2. The second-order valence-electron chi connectivity index (χ2n) is 8.84. The highest BCUT2D eigenvalue weighted by Gasteiger charge is 2.33. The van der Waals surface area contributed by atoms with Crippen molar-refractivity contribution in [3.8, 4) is 11.3 Å². The summed E-state index contributed by atoms with van der Waals surface area (Å²) >= 11 is 3.26. The lowest BCUT2D eigenvalue weighted by Gasteiger charge is -2.22. The van der Waals surface area contributed by atoms with Crippen molar-refractivity contribution < 1.29 is 18.7 Å². The molecule has 1 aliphatic rings. The van der Waals surface area contributed by atoms with Gasteiger partial charge in [0.1, 0.15) is 18.2 Å². The predicted molar refractivity (Wildman–Crippen MR) is 159 cm³/mol. The number of hydrogen-bond acceptors (Lipinski definition) is 4. The van der Waals surface area contributed by atoms with Crippen LogP contribution in [-0.4, -0.2) is 33.3 Å². The van der Waals surface area contributed by atoms with Gasteiger partial charge >= 0.3 is 6.09 Å². The number of H-pyrrole nitrogens is 1. The number of amides is 1. The molecule has 0 radical (unpaired) electrons. The van der Waals surface area contributed by atoms with Crippen LogP contribution in [-0.2, 0) is 11.3 Å². The number of nitrogens with zero attached hydrogens (tertiary/aromatic N) is 2. The number of benzene rings is 3. The van der Waals surface area contributed by atoms with Crippen molar-refractivity contribution in [2.45, 2.75) is 52.7 Å². The normalized spacial score (nSPS) is 13.9. The zero-order valence-corrected chi connectivity index (χ0v) is 24.7. The molecular formula is C32H35BrFN3O3. The van der Waals surface area contributed by atoms with E-state index in [1.807, 2.05) is 81.4 Å². The Labute approximate surface area is 243 Å². The lowest BCUT2D eigenvalue weighted by atomic mass is 10.1. The molecule has 1 fully saturated rings. The molecule has 40 heavy (non-hydrogen) atoms. The maximum atomic E-state index is 14.2. The fourth-order valence-electron chi connectivity index (χ4n) is 4.25. The van der Waals surface area contributed by atoms with Crippen molar-refractivity contribution >= 4 is 27.8 Å². The van der Waals surface area contributed by atoms with Crippen LogP contribution in [0.2, 0.25) is 0 Å². The van der Waals surface area contributed by atoms with Gasteiger partial charge in [0, 0.05) is 28.6 Å². The first kappa shape index (κ1) is 30.8. The monoisotopic (exact) mass is 607 g/mol. The smallest absolute Gasteiger partial charge is 0.410 e. The summed E-state index contributed by atoms with van der Waals surface area (Å²) in [6.45, 7) is 6.71. The van der Waals surface area contributed by atoms with E-state index in [2.05, 4.69) is 25.9 Å². The molecule has 1 aliphatic heterocycles. The molecule has 1 atom stereocenters. The minimum atomic E-state index is -0.362. The molecule has 3 aromatic carbocycles. The quantitative estimate of drug-likeness (QED) is 0.222. The predicted octanol–water partition coefficient (Wildman–Crippen LogP) is 8.76. The Balaban J connectivity index is 0.000000309. The second-order valence-corrected chi connectivity index (χ2v) is 9.76. The number of halogens is 2. The number of ketones is 1. The molecule has 210 valence electrons. The minimum absolute atomic E-state index is 0.199. The molecule has 0 spiro atoms. The molecule has 5 rings (SSSR count). The molecule has 0 bridgehead atoms. The first-order valence-electron chi connectivity index (χ1n) is 13.5. The Hall–Kier alpha value is -3.78. The zero-order valence-electron chi connectivity index (χ0n) is 23.1. The van der Waals surface area contributed by atoms with Gasteiger partial charge in [0.25, 0.3) is 0 Å². The highest BCUT2D eigenvalue weighted by atomic mass is 79.9. The van der Waals surface area contributed by atoms with Gasteiger partial charge in [-0.1, -0.05) is 97.4 Å². The van der Waals surface area contributed by atoms with Gasteiger partial charge in [0.15, 0.2) is 5.78 Å². The second kappa shape index (κ2) is 15.7. The molecule has 1 aromatic heterocycles. The van der Waals surface area contributed by atoms with Crippen molar-refractivity contribution in [1.82, 2.24) is 14.9 Å². The highest BCUT2D eigenvalue weighted by molar-refractivity contribution is 9.10. The number of likely N-dealkylation sites (tertiary alicyclic amines) is 1. The first-order chi connectivity index (χ1) is 19.5. The van der Waals surface area contributed by atoms with E-state index in [0.29, 0.717) is 34.5 Å². The van der Waals surface area contributed by atoms with Crippen LogP contribution in [0.5, 0.6) is 0 Å². The topological polar surface area (TPSA) is 75.3 Å². The number of aromatic nitrogens is 2. The Kier molecular flexibility index (Phi) is 12.1. The Morgan fingerprint density at radius 3 is 2.38 bits per heavy atom. The van der Waals surface area contributed by atoms with Crippen LogP contribution in [0, 0.1) is 5.82 Å². The van der Waals surface area contributed by atoms with Crippen LogP contribution in [0.3, 0.4) is 0 Å². The maximum absolute atomic E-state index is 14.2. The molecule has 0 saturated carbocycles. The lowest BCUT2D eigenvalue weighted by Crippen LogP contribution is -2.31. The van der Waals surface area contributed by atoms with Gasteiger partial charge in [-0.25, -0.2) is 14.2 Å². The summed E-state index contributed by atoms with van der Waals surface area (Å²) in [4.78, 5) is 32.8. The Morgan fingerprint density at radius 2 is 1.73 bits per heavy atom. The first-order valence-corrected chi connectivity index (χ1v) is 14.3. The van der Waals surface area contributed by atoms with Gasteiger partial charge in [-0.2, -0.15) is 0 Å². The average Bonchev–Trinajstić information content (AvgIpc) is 3.68. The van der Waals surface area contributed by atoms with Crippen LogP contribution < -0.4 is 0 Å². The van der Waals surface area contributed by atoms with Gasteiger partial charge < -0.3 is 9.72 Å².